The molecule has 28 heavy (non-hydrogen) atoms. The molecule has 1 saturated heterocycles. The lowest BCUT2D eigenvalue weighted by atomic mass is 9.97. The van der Waals surface area contributed by atoms with E-state index in [4.69, 9.17) is 4.42 Å². The highest BCUT2D eigenvalue weighted by atomic mass is 19.4. The molecule has 0 amide bonds. The highest BCUT2D eigenvalue weighted by molar-refractivity contribution is 5.75. The van der Waals surface area contributed by atoms with Gasteiger partial charge in [0.2, 0.25) is 5.89 Å². The first-order valence-corrected chi connectivity index (χ1v) is 8.60. The molecule has 1 aromatic carbocycles. The standard InChI is InChI=1S/C18H16F3N5O2/c19-18(20,21)15-2-1-11(16-24-25-17(27)28-16)8-14(15)12-7-13(10-23-9-12)26-5-3-22-4-6-26/h1-2,7-10,22H,3-6H2,(H,25,27). The monoisotopic (exact) mass is 391 g/mol. The Hall–Kier alpha value is -3.14. The van der Waals surface area contributed by atoms with Gasteiger partial charge in [-0.25, -0.2) is 9.89 Å². The Morgan fingerprint density at radius 2 is 1.86 bits per heavy atom. The lowest BCUT2D eigenvalue weighted by Crippen LogP contribution is -2.43. The van der Waals surface area contributed by atoms with Gasteiger partial charge in [0.15, 0.2) is 0 Å². The summed E-state index contributed by atoms with van der Waals surface area (Å²) in [7, 11) is 0. The molecular weight excluding hydrogens is 375 g/mol. The molecule has 146 valence electrons. The van der Waals surface area contributed by atoms with E-state index in [2.05, 4.69) is 25.4 Å². The molecule has 2 aromatic heterocycles. The van der Waals surface area contributed by atoms with Crippen LogP contribution < -0.4 is 16.0 Å². The second-order valence-electron chi connectivity index (χ2n) is 6.35. The second-order valence-corrected chi connectivity index (χ2v) is 6.35. The number of piperazine rings is 1. The molecule has 0 aliphatic carbocycles. The molecule has 4 rings (SSSR count). The van der Waals surface area contributed by atoms with E-state index in [0.717, 1.165) is 37.9 Å². The van der Waals surface area contributed by atoms with Crippen LogP contribution in [0.1, 0.15) is 5.56 Å². The number of hydrogen-bond acceptors (Lipinski definition) is 6. The summed E-state index contributed by atoms with van der Waals surface area (Å²) in [5.41, 5.74) is 0.481. The third kappa shape index (κ3) is 3.63. The van der Waals surface area contributed by atoms with Crippen LogP contribution in [0.3, 0.4) is 0 Å². The molecule has 2 N–H and O–H groups in total. The number of aromatic nitrogens is 3. The van der Waals surface area contributed by atoms with E-state index < -0.39 is 17.5 Å². The molecule has 10 heteroatoms. The molecule has 1 aliphatic rings. The Morgan fingerprint density at radius 1 is 1.07 bits per heavy atom. The summed E-state index contributed by atoms with van der Waals surface area (Å²) in [6.07, 6.45) is -1.52. The van der Waals surface area contributed by atoms with Gasteiger partial charge in [0.05, 0.1) is 17.4 Å². The van der Waals surface area contributed by atoms with Crippen molar-refractivity contribution in [2.24, 2.45) is 0 Å². The van der Waals surface area contributed by atoms with Gasteiger partial charge in [-0.1, -0.05) is 0 Å². The van der Waals surface area contributed by atoms with Crippen molar-refractivity contribution in [2.45, 2.75) is 6.18 Å². The number of hydrogen-bond donors (Lipinski definition) is 2. The van der Waals surface area contributed by atoms with Crippen LogP contribution in [0.5, 0.6) is 0 Å². The molecule has 0 spiro atoms. The van der Waals surface area contributed by atoms with Crippen molar-refractivity contribution in [3.63, 3.8) is 0 Å². The number of nitrogens with one attached hydrogen (secondary N) is 2. The zero-order valence-corrected chi connectivity index (χ0v) is 14.6. The van der Waals surface area contributed by atoms with Crippen molar-refractivity contribution in [2.75, 3.05) is 31.1 Å². The van der Waals surface area contributed by atoms with E-state index in [1.165, 1.54) is 18.3 Å². The maximum Gasteiger partial charge on any atom is 0.434 e. The topological polar surface area (TPSA) is 87.0 Å². The minimum absolute atomic E-state index is 0.0554. The van der Waals surface area contributed by atoms with Crippen molar-refractivity contribution in [3.8, 4) is 22.6 Å². The summed E-state index contributed by atoms with van der Waals surface area (Å²) in [4.78, 5) is 17.4. The second kappa shape index (κ2) is 7.12. The Kier molecular flexibility index (Phi) is 4.63. The molecule has 0 bridgehead atoms. The van der Waals surface area contributed by atoms with Gasteiger partial charge < -0.3 is 14.6 Å². The van der Waals surface area contributed by atoms with Crippen LogP contribution in [-0.4, -0.2) is 41.4 Å². The number of nitrogens with zero attached hydrogens (tertiary/aromatic N) is 3. The van der Waals surface area contributed by atoms with Crippen LogP contribution in [0.15, 0.2) is 45.9 Å². The minimum atomic E-state index is -4.55. The Morgan fingerprint density at radius 3 is 2.54 bits per heavy atom. The van der Waals surface area contributed by atoms with Crippen molar-refractivity contribution in [1.29, 1.82) is 0 Å². The fourth-order valence-electron chi connectivity index (χ4n) is 3.19. The molecule has 0 saturated carbocycles. The number of pyridine rings is 1. The summed E-state index contributed by atoms with van der Waals surface area (Å²) >= 11 is 0. The lowest BCUT2D eigenvalue weighted by Gasteiger charge is -2.29. The minimum Gasteiger partial charge on any atom is -0.388 e. The first-order chi connectivity index (χ1) is 13.4. The number of rotatable bonds is 3. The number of anilines is 1. The van der Waals surface area contributed by atoms with Crippen LogP contribution in [0.2, 0.25) is 0 Å². The largest absolute Gasteiger partial charge is 0.434 e. The molecule has 1 aliphatic heterocycles. The van der Waals surface area contributed by atoms with Crippen LogP contribution in [0.4, 0.5) is 18.9 Å². The number of H-pyrrole nitrogens is 1. The van der Waals surface area contributed by atoms with Gasteiger partial charge in [-0.2, -0.15) is 13.2 Å². The van der Waals surface area contributed by atoms with Gasteiger partial charge in [0.25, 0.3) is 0 Å². The van der Waals surface area contributed by atoms with E-state index in [1.807, 2.05) is 0 Å². The summed E-state index contributed by atoms with van der Waals surface area (Å²) < 4.78 is 45.6. The summed E-state index contributed by atoms with van der Waals surface area (Å²) in [6, 6.07) is 5.17. The maximum atomic E-state index is 13.6. The zero-order chi connectivity index (χ0) is 19.7. The van der Waals surface area contributed by atoms with Crippen LogP contribution in [0, 0.1) is 0 Å². The van der Waals surface area contributed by atoms with Gasteiger partial charge in [0, 0.05) is 43.5 Å². The van der Waals surface area contributed by atoms with Gasteiger partial charge in [-0.3, -0.25) is 4.98 Å². The molecule has 3 heterocycles. The number of benzene rings is 1. The Balaban J connectivity index is 1.81. The predicted molar refractivity (Wildman–Crippen MR) is 95.9 cm³/mol. The van der Waals surface area contributed by atoms with Gasteiger partial charge in [0.1, 0.15) is 0 Å². The average molecular weight is 391 g/mol. The van der Waals surface area contributed by atoms with Crippen LogP contribution in [0.25, 0.3) is 22.6 Å². The fraction of sp³-hybridized carbons (Fsp3) is 0.278. The number of halogens is 3. The lowest BCUT2D eigenvalue weighted by molar-refractivity contribution is -0.137. The Labute approximate surface area is 157 Å². The van der Waals surface area contributed by atoms with Crippen LogP contribution >= 0.6 is 0 Å². The quantitative estimate of drug-likeness (QED) is 0.714. The van der Waals surface area contributed by atoms with E-state index in [-0.39, 0.29) is 17.0 Å². The van der Waals surface area contributed by atoms with Crippen molar-refractivity contribution >= 4 is 5.69 Å². The Bertz CT molecular complexity index is 1040. The molecule has 1 fully saturated rings. The van der Waals surface area contributed by atoms with E-state index >= 15 is 0 Å². The summed E-state index contributed by atoms with van der Waals surface area (Å²) in [5, 5.41) is 9.02. The molecule has 7 nitrogen and oxygen atoms in total. The van der Waals surface area contributed by atoms with Crippen molar-refractivity contribution in [1.82, 2.24) is 20.5 Å². The average Bonchev–Trinajstić information content (AvgIpc) is 3.14. The van der Waals surface area contributed by atoms with Crippen molar-refractivity contribution < 1.29 is 17.6 Å². The highest BCUT2D eigenvalue weighted by Crippen LogP contribution is 2.39. The molecular formula is C18H16F3N5O2. The van der Waals surface area contributed by atoms with Gasteiger partial charge in [-0.15, -0.1) is 5.10 Å². The molecule has 0 atom stereocenters. The summed E-state index contributed by atoms with van der Waals surface area (Å²) in [5.74, 6) is -0.856. The first-order valence-electron chi connectivity index (χ1n) is 8.60. The third-order valence-electron chi connectivity index (χ3n) is 4.53. The smallest absolute Gasteiger partial charge is 0.388 e. The van der Waals surface area contributed by atoms with Gasteiger partial charge >= 0.3 is 11.9 Å². The summed E-state index contributed by atoms with van der Waals surface area (Å²) in [6.45, 7) is 3.09. The highest BCUT2D eigenvalue weighted by Gasteiger charge is 2.34. The third-order valence-corrected chi connectivity index (χ3v) is 4.53. The maximum absolute atomic E-state index is 13.6. The van der Waals surface area contributed by atoms with Crippen LogP contribution in [-0.2, 0) is 6.18 Å². The van der Waals surface area contributed by atoms with E-state index in [9.17, 15) is 18.0 Å². The first kappa shape index (κ1) is 18.2. The predicted octanol–water partition coefficient (Wildman–Crippen LogP) is 2.52. The SMILES string of the molecule is O=c1[nH]nc(-c2ccc(C(F)(F)F)c(-c3cncc(N4CCNCC4)c3)c2)o1. The van der Waals surface area contributed by atoms with E-state index in [1.54, 1.807) is 12.3 Å². The molecule has 3 aromatic rings. The van der Waals surface area contributed by atoms with Crippen molar-refractivity contribution in [3.05, 3.63) is 52.8 Å². The van der Waals surface area contributed by atoms with E-state index in [0.29, 0.717) is 5.56 Å². The number of alkyl halides is 3. The molecule has 0 radical (unpaired) electrons. The normalized spacial score (nSPS) is 15.0. The van der Waals surface area contributed by atoms with Gasteiger partial charge in [-0.05, 0) is 29.8 Å². The fourth-order valence-corrected chi connectivity index (χ4v) is 3.19. The number of aromatic amines is 1. The molecule has 0 unspecified atom stereocenters. The zero-order valence-electron chi connectivity index (χ0n) is 14.6.